The number of nitriles is 1. The molecule has 0 aliphatic heterocycles. The number of allylic oxidation sites excluding steroid dienone is 5. The summed E-state index contributed by atoms with van der Waals surface area (Å²) in [7, 11) is -0.370. The lowest BCUT2D eigenvalue weighted by molar-refractivity contribution is -0.259. The molecule has 0 aliphatic carbocycles. The molecule has 1 atom stereocenters. The highest BCUT2D eigenvalue weighted by Crippen LogP contribution is 2.21. The second kappa shape index (κ2) is 27.1. The summed E-state index contributed by atoms with van der Waals surface area (Å²) in [6.07, 6.45) is 11.0. The maximum absolute atomic E-state index is 13.1. The Bertz CT molecular complexity index is 1500. The van der Waals surface area contributed by atoms with Crippen LogP contribution in [0.3, 0.4) is 0 Å². The van der Waals surface area contributed by atoms with Crippen LogP contribution >= 0.6 is 0 Å². The molecule has 0 radical (unpaired) electrons. The first-order chi connectivity index (χ1) is 24.3. The highest BCUT2D eigenvalue weighted by atomic mass is 32.2. The van der Waals surface area contributed by atoms with Crippen molar-refractivity contribution in [3.8, 4) is 6.07 Å². The van der Waals surface area contributed by atoms with Crippen molar-refractivity contribution < 1.29 is 42.1 Å². The Labute approximate surface area is 303 Å². The number of hydrogen-bond donors (Lipinski definition) is 1. The van der Waals surface area contributed by atoms with Crippen molar-refractivity contribution in [3.63, 3.8) is 0 Å². The molecule has 0 heterocycles. The van der Waals surface area contributed by atoms with Crippen molar-refractivity contribution in [2.45, 2.75) is 65.0 Å². The number of esters is 2. The minimum atomic E-state index is -4.07. The summed E-state index contributed by atoms with van der Waals surface area (Å²) in [4.78, 5) is 42.4. The van der Waals surface area contributed by atoms with Gasteiger partial charge in [0, 0.05) is 39.8 Å². The quantitative estimate of drug-likeness (QED) is 0.0136. The van der Waals surface area contributed by atoms with Gasteiger partial charge >= 0.3 is 11.9 Å². The number of nitrogens with zero attached hydrogens (tertiary/aromatic N) is 3. The van der Waals surface area contributed by atoms with Crippen LogP contribution < -0.4 is 5.48 Å². The average Bonchev–Trinajstić information content (AvgIpc) is 3.09. The van der Waals surface area contributed by atoms with Gasteiger partial charge in [0.25, 0.3) is 0 Å². The standard InChI is InChI=1S/C27H40N2O7S.C10H14N2O2/c1-7-29(26(22(4)5)35-28-20-14-13-16-23(6)36-34-9-3)21-15-19-25(27(30)33-8-2)37(31,32)24-17-11-10-12-18-24;1-4-14-10(13)9(8-11)6-5-7-12(2)3/h10-12,15,17-19,21,26,28H,4,6-9,13-14,16,20H2,1-3,5H3;5-7H,4H2,1-3H3. The fourth-order valence-electron chi connectivity index (χ4n) is 3.75. The van der Waals surface area contributed by atoms with E-state index in [0.29, 0.717) is 31.9 Å². The van der Waals surface area contributed by atoms with Crippen molar-refractivity contribution in [2.24, 2.45) is 0 Å². The van der Waals surface area contributed by atoms with E-state index in [2.05, 4.69) is 23.4 Å². The maximum Gasteiger partial charge on any atom is 0.350 e. The predicted octanol–water partition coefficient (Wildman–Crippen LogP) is 5.89. The van der Waals surface area contributed by atoms with Gasteiger partial charge in [0.2, 0.25) is 9.84 Å². The van der Waals surface area contributed by atoms with E-state index in [1.54, 1.807) is 61.5 Å². The van der Waals surface area contributed by atoms with Gasteiger partial charge in [-0.05, 0) is 95.7 Å². The molecule has 14 heteroatoms. The Morgan fingerprint density at radius 3 is 2.12 bits per heavy atom. The zero-order chi connectivity index (χ0) is 38.7. The first kappa shape index (κ1) is 46.3. The molecule has 0 amide bonds. The molecule has 282 valence electrons. The van der Waals surface area contributed by atoms with E-state index < -0.39 is 32.9 Å². The molecule has 0 saturated heterocycles. The molecule has 0 bridgehead atoms. The molecule has 0 saturated carbocycles. The van der Waals surface area contributed by atoms with E-state index in [1.165, 1.54) is 30.4 Å². The SMILES string of the molecule is C=C(CCCCNOC(C(=C)C)N(C=CC=C(C(=O)OCC)S(=O)(=O)c1ccccc1)CC)OOCC.CCOC(=O)C(C#N)=CC=CN(C)C. The molecule has 1 aromatic carbocycles. The molecule has 0 spiro atoms. The van der Waals surface area contributed by atoms with Crippen LogP contribution in [0.1, 0.15) is 53.9 Å². The van der Waals surface area contributed by atoms with Gasteiger partial charge in [-0.2, -0.15) is 15.6 Å². The number of unbranched alkanes of at least 4 members (excludes halogenated alkanes) is 1. The van der Waals surface area contributed by atoms with Crippen molar-refractivity contribution in [1.82, 2.24) is 15.3 Å². The molecular formula is C37H54N4O9S. The summed E-state index contributed by atoms with van der Waals surface area (Å²) in [5.41, 5.74) is 3.70. The topological polar surface area (TPSA) is 157 Å². The summed E-state index contributed by atoms with van der Waals surface area (Å²) in [6.45, 7) is 18.6. The molecule has 0 fully saturated rings. The van der Waals surface area contributed by atoms with Gasteiger partial charge < -0.3 is 24.2 Å². The van der Waals surface area contributed by atoms with Crippen LogP contribution in [0.15, 0.2) is 107 Å². The van der Waals surface area contributed by atoms with Gasteiger partial charge in [0.05, 0.1) is 24.7 Å². The average molecular weight is 731 g/mol. The number of rotatable bonds is 23. The van der Waals surface area contributed by atoms with Crippen LogP contribution in [0, 0.1) is 11.3 Å². The first-order valence-corrected chi connectivity index (χ1v) is 18.0. The molecule has 1 rings (SSSR count). The minimum Gasteiger partial charge on any atom is -0.462 e. The highest BCUT2D eigenvalue weighted by molar-refractivity contribution is 7.96. The Hall–Kier alpha value is -4.68. The molecule has 13 nitrogen and oxygen atoms in total. The number of nitrogens with one attached hydrogen (secondary N) is 1. The Morgan fingerprint density at radius 2 is 1.57 bits per heavy atom. The lowest BCUT2D eigenvalue weighted by Crippen LogP contribution is -2.38. The first-order valence-electron chi connectivity index (χ1n) is 16.5. The van der Waals surface area contributed by atoms with Gasteiger partial charge in [-0.1, -0.05) is 31.4 Å². The number of ether oxygens (including phenoxy) is 2. The van der Waals surface area contributed by atoms with Crippen LogP contribution in [-0.4, -0.2) is 83.4 Å². The third kappa shape index (κ3) is 19.3. The Morgan fingerprint density at radius 1 is 0.941 bits per heavy atom. The van der Waals surface area contributed by atoms with Crippen LogP contribution in [0.25, 0.3) is 0 Å². The number of hydroxylamine groups is 1. The molecular weight excluding hydrogens is 676 g/mol. The van der Waals surface area contributed by atoms with Gasteiger partial charge in [-0.15, -0.1) is 0 Å². The zero-order valence-electron chi connectivity index (χ0n) is 30.9. The van der Waals surface area contributed by atoms with Crippen molar-refractivity contribution in [1.29, 1.82) is 5.26 Å². The Balaban J connectivity index is 0.00000150. The van der Waals surface area contributed by atoms with Gasteiger partial charge in [0.15, 0.2) is 11.1 Å². The van der Waals surface area contributed by atoms with Crippen LogP contribution in [-0.2, 0) is 43.5 Å². The molecule has 1 N–H and O–H groups in total. The second-order valence-corrected chi connectivity index (χ2v) is 12.6. The zero-order valence-corrected chi connectivity index (χ0v) is 31.7. The molecule has 1 unspecified atom stereocenters. The molecule has 0 aliphatic rings. The van der Waals surface area contributed by atoms with E-state index in [-0.39, 0.29) is 23.7 Å². The van der Waals surface area contributed by atoms with Gasteiger partial charge in [0.1, 0.15) is 17.4 Å². The van der Waals surface area contributed by atoms with E-state index in [9.17, 15) is 18.0 Å². The number of carbonyl (C=O) groups is 2. The molecule has 1 aromatic rings. The molecule has 0 aromatic heterocycles. The van der Waals surface area contributed by atoms with Crippen molar-refractivity contribution in [2.75, 3.05) is 47.0 Å². The number of benzene rings is 1. The van der Waals surface area contributed by atoms with E-state index >= 15 is 0 Å². The van der Waals surface area contributed by atoms with Gasteiger partial charge in [-0.25, -0.2) is 18.0 Å². The summed E-state index contributed by atoms with van der Waals surface area (Å²) < 4.78 is 35.8. The minimum absolute atomic E-state index is 0.00458. The summed E-state index contributed by atoms with van der Waals surface area (Å²) in [5, 5.41) is 8.62. The summed E-state index contributed by atoms with van der Waals surface area (Å²) in [6, 6.07) is 9.53. The lowest BCUT2D eigenvalue weighted by Gasteiger charge is -2.29. The van der Waals surface area contributed by atoms with Crippen molar-refractivity contribution >= 4 is 21.8 Å². The van der Waals surface area contributed by atoms with Crippen LogP contribution in [0.2, 0.25) is 0 Å². The lowest BCUT2D eigenvalue weighted by atomic mass is 10.2. The fraction of sp³-hybridized carbons (Fsp3) is 0.432. The number of sulfone groups is 1. The maximum atomic E-state index is 13.1. The monoisotopic (exact) mass is 730 g/mol. The predicted molar refractivity (Wildman–Crippen MR) is 196 cm³/mol. The van der Waals surface area contributed by atoms with Gasteiger partial charge in [-0.3, -0.25) is 4.84 Å². The van der Waals surface area contributed by atoms with E-state index in [1.807, 2.05) is 39.8 Å². The van der Waals surface area contributed by atoms with Crippen LogP contribution in [0.4, 0.5) is 0 Å². The summed E-state index contributed by atoms with van der Waals surface area (Å²) in [5.74, 6) is -0.921. The normalized spacial score (nSPS) is 12.4. The highest BCUT2D eigenvalue weighted by Gasteiger charge is 2.27. The number of likely N-dealkylation sites (N-methyl/N-ethyl adjacent to an activating group) is 1. The third-order valence-electron chi connectivity index (χ3n) is 6.17. The summed E-state index contributed by atoms with van der Waals surface area (Å²) >= 11 is 0. The number of hydrogen-bond acceptors (Lipinski definition) is 13. The molecule has 51 heavy (non-hydrogen) atoms. The Kier molecular flexibility index (Phi) is 24.6. The van der Waals surface area contributed by atoms with E-state index in [0.717, 1.165) is 18.4 Å². The second-order valence-electron chi connectivity index (χ2n) is 10.7. The smallest absolute Gasteiger partial charge is 0.350 e. The fourth-order valence-corrected chi connectivity index (χ4v) is 5.06. The third-order valence-corrected chi connectivity index (χ3v) is 7.94. The number of carbonyl (C=O) groups excluding carboxylic acids is 2. The largest absolute Gasteiger partial charge is 0.462 e. The van der Waals surface area contributed by atoms with E-state index in [4.69, 9.17) is 24.6 Å². The van der Waals surface area contributed by atoms with Crippen molar-refractivity contribution in [3.05, 3.63) is 102 Å². The van der Waals surface area contributed by atoms with Crippen LogP contribution in [0.5, 0.6) is 0 Å².